The molecule has 132 valence electrons. The summed E-state index contributed by atoms with van der Waals surface area (Å²) in [5.74, 6) is -2.08. The van der Waals surface area contributed by atoms with Crippen molar-refractivity contribution < 1.29 is 27.9 Å². The Labute approximate surface area is 146 Å². The molecule has 0 saturated carbocycles. The maximum Gasteiger partial charge on any atom is 0.416 e. The SMILES string of the molecule is O=C(N[C@@H](Cc1cccc(C(F)(F)F)c1)C(=O)O)c1ccccc1Cl. The lowest BCUT2D eigenvalue weighted by atomic mass is 10.0. The highest BCUT2D eigenvalue weighted by atomic mass is 35.5. The first-order valence-electron chi connectivity index (χ1n) is 7.13. The van der Waals surface area contributed by atoms with Gasteiger partial charge in [-0.2, -0.15) is 13.2 Å². The van der Waals surface area contributed by atoms with E-state index in [1.165, 1.54) is 24.3 Å². The van der Waals surface area contributed by atoms with Gasteiger partial charge >= 0.3 is 12.1 Å². The highest BCUT2D eigenvalue weighted by molar-refractivity contribution is 6.33. The normalized spacial score (nSPS) is 12.5. The van der Waals surface area contributed by atoms with E-state index >= 15 is 0 Å². The van der Waals surface area contributed by atoms with Crippen LogP contribution in [0.2, 0.25) is 5.02 Å². The number of carbonyl (C=O) groups excluding carboxylic acids is 1. The number of hydrogen-bond donors (Lipinski definition) is 2. The van der Waals surface area contributed by atoms with Crippen molar-refractivity contribution in [3.05, 3.63) is 70.2 Å². The van der Waals surface area contributed by atoms with Crippen LogP contribution in [0.15, 0.2) is 48.5 Å². The fraction of sp³-hybridized carbons (Fsp3) is 0.176. The number of aliphatic carboxylic acids is 1. The lowest BCUT2D eigenvalue weighted by Crippen LogP contribution is -2.42. The number of nitrogens with one attached hydrogen (secondary N) is 1. The summed E-state index contributed by atoms with van der Waals surface area (Å²) in [7, 11) is 0. The van der Waals surface area contributed by atoms with Crippen LogP contribution in [-0.4, -0.2) is 23.0 Å². The summed E-state index contributed by atoms with van der Waals surface area (Å²) in [5.41, 5.74) is -0.660. The van der Waals surface area contributed by atoms with Crippen LogP contribution in [0.4, 0.5) is 13.2 Å². The molecule has 0 fully saturated rings. The van der Waals surface area contributed by atoms with Crippen LogP contribution in [0.1, 0.15) is 21.5 Å². The van der Waals surface area contributed by atoms with Gasteiger partial charge in [-0.25, -0.2) is 4.79 Å². The molecule has 1 atom stereocenters. The second-order valence-corrected chi connectivity index (χ2v) is 5.65. The third-order valence-electron chi connectivity index (χ3n) is 3.42. The molecule has 0 unspecified atom stereocenters. The van der Waals surface area contributed by atoms with Crippen molar-refractivity contribution in [2.45, 2.75) is 18.6 Å². The summed E-state index contributed by atoms with van der Waals surface area (Å²) in [6.45, 7) is 0. The maximum absolute atomic E-state index is 12.7. The molecule has 0 aliphatic rings. The van der Waals surface area contributed by atoms with E-state index in [0.29, 0.717) is 0 Å². The number of halogens is 4. The molecule has 25 heavy (non-hydrogen) atoms. The van der Waals surface area contributed by atoms with E-state index in [4.69, 9.17) is 11.6 Å². The molecule has 2 rings (SSSR count). The standard InChI is InChI=1S/C17H13ClF3NO3/c18-13-7-2-1-6-12(13)15(23)22-14(16(24)25)9-10-4-3-5-11(8-10)17(19,20)21/h1-8,14H,9H2,(H,22,23)(H,24,25)/t14-/m0/s1. The first-order valence-corrected chi connectivity index (χ1v) is 7.50. The number of carboxylic acids is 1. The third-order valence-corrected chi connectivity index (χ3v) is 3.75. The molecule has 0 aromatic heterocycles. The minimum absolute atomic E-state index is 0.0828. The van der Waals surface area contributed by atoms with E-state index in [1.807, 2.05) is 0 Å². The van der Waals surface area contributed by atoms with Crippen LogP contribution in [0.25, 0.3) is 0 Å². The Morgan fingerprint density at radius 1 is 1.12 bits per heavy atom. The second-order valence-electron chi connectivity index (χ2n) is 5.25. The first kappa shape index (κ1) is 18.8. The van der Waals surface area contributed by atoms with Crippen molar-refractivity contribution in [2.24, 2.45) is 0 Å². The summed E-state index contributed by atoms with van der Waals surface area (Å²) in [6.07, 6.45) is -4.83. The summed E-state index contributed by atoms with van der Waals surface area (Å²) in [4.78, 5) is 23.5. The quantitative estimate of drug-likeness (QED) is 0.840. The van der Waals surface area contributed by atoms with Gasteiger partial charge in [0.25, 0.3) is 5.91 Å². The zero-order valence-electron chi connectivity index (χ0n) is 12.7. The van der Waals surface area contributed by atoms with Crippen molar-refractivity contribution in [1.29, 1.82) is 0 Å². The van der Waals surface area contributed by atoms with E-state index in [2.05, 4.69) is 5.32 Å². The molecule has 0 radical (unpaired) electrons. The summed E-state index contributed by atoms with van der Waals surface area (Å²) < 4.78 is 38.2. The van der Waals surface area contributed by atoms with Crippen molar-refractivity contribution in [1.82, 2.24) is 5.32 Å². The number of amides is 1. The summed E-state index contributed by atoms with van der Waals surface area (Å²) >= 11 is 5.88. The number of carbonyl (C=O) groups is 2. The summed E-state index contributed by atoms with van der Waals surface area (Å²) in [5, 5.41) is 11.7. The van der Waals surface area contributed by atoms with Gasteiger partial charge in [-0.05, 0) is 23.8 Å². The molecule has 8 heteroatoms. The minimum Gasteiger partial charge on any atom is -0.480 e. The van der Waals surface area contributed by atoms with Crippen LogP contribution < -0.4 is 5.32 Å². The molecule has 0 heterocycles. The third kappa shape index (κ3) is 4.96. The number of benzene rings is 2. The smallest absolute Gasteiger partial charge is 0.416 e. The Kier molecular flexibility index (Phi) is 5.69. The Hall–Kier alpha value is -2.54. The van der Waals surface area contributed by atoms with Crippen LogP contribution in [0.3, 0.4) is 0 Å². The molecule has 4 nitrogen and oxygen atoms in total. The Morgan fingerprint density at radius 2 is 1.80 bits per heavy atom. The molecule has 1 amide bonds. The van der Waals surface area contributed by atoms with E-state index in [-0.39, 0.29) is 22.6 Å². The topological polar surface area (TPSA) is 66.4 Å². The van der Waals surface area contributed by atoms with Crippen molar-refractivity contribution in [3.8, 4) is 0 Å². The van der Waals surface area contributed by atoms with Crippen molar-refractivity contribution in [2.75, 3.05) is 0 Å². The predicted molar refractivity (Wildman–Crippen MR) is 85.5 cm³/mol. The number of alkyl halides is 3. The molecule has 2 N–H and O–H groups in total. The van der Waals surface area contributed by atoms with Crippen molar-refractivity contribution >= 4 is 23.5 Å². The number of carboxylic acid groups (broad SMARTS) is 1. The van der Waals surface area contributed by atoms with Gasteiger partial charge in [0.15, 0.2) is 0 Å². The number of hydrogen-bond acceptors (Lipinski definition) is 2. The van der Waals surface area contributed by atoms with Crippen LogP contribution in [0, 0.1) is 0 Å². The Balaban J connectivity index is 2.18. The fourth-order valence-corrected chi connectivity index (χ4v) is 2.41. The maximum atomic E-state index is 12.7. The molecule has 2 aromatic carbocycles. The van der Waals surface area contributed by atoms with Crippen LogP contribution in [0.5, 0.6) is 0 Å². The monoisotopic (exact) mass is 371 g/mol. The molecule has 0 spiro atoms. The van der Waals surface area contributed by atoms with Gasteiger partial charge in [0.2, 0.25) is 0 Å². The lowest BCUT2D eigenvalue weighted by molar-refractivity contribution is -0.139. The summed E-state index contributed by atoms with van der Waals surface area (Å²) in [6, 6.07) is 8.96. The molecule has 2 aromatic rings. The number of rotatable bonds is 5. The average Bonchev–Trinajstić information content (AvgIpc) is 2.54. The molecule has 0 aliphatic carbocycles. The van der Waals surface area contributed by atoms with Gasteiger partial charge in [0.05, 0.1) is 16.1 Å². The zero-order chi connectivity index (χ0) is 18.6. The Morgan fingerprint density at radius 3 is 2.40 bits per heavy atom. The first-order chi connectivity index (χ1) is 11.7. The molecular weight excluding hydrogens is 359 g/mol. The predicted octanol–water partition coefficient (Wildman–Crippen LogP) is 3.78. The van der Waals surface area contributed by atoms with Gasteiger partial charge in [0.1, 0.15) is 6.04 Å². The molecular formula is C17H13ClF3NO3. The van der Waals surface area contributed by atoms with E-state index in [0.717, 1.165) is 12.1 Å². The Bertz CT molecular complexity index is 793. The second kappa shape index (κ2) is 7.57. The molecule has 0 saturated heterocycles. The molecule has 0 bridgehead atoms. The molecule has 0 aliphatic heterocycles. The van der Waals surface area contributed by atoms with Crippen molar-refractivity contribution in [3.63, 3.8) is 0 Å². The van der Waals surface area contributed by atoms with Crippen LogP contribution in [-0.2, 0) is 17.4 Å². The van der Waals surface area contributed by atoms with Gasteiger partial charge in [-0.15, -0.1) is 0 Å². The fourth-order valence-electron chi connectivity index (χ4n) is 2.19. The zero-order valence-corrected chi connectivity index (χ0v) is 13.4. The van der Waals surface area contributed by atoms with Gasteiger partial charge in [0, 0.05) is 6.42 Å². The van der Waals surface area contributed by atoms with Gasteiger partial charge in [-0.3, -0.25) is 4.79 Å². The van der Waals surface area contributed by atoms with E-state index < -0.39 is 29.7 Å². The average molecular weight is 372 g/mol. The highest BCUT2D eigenvalue weighted by Crippen LogP contribution is 2.29. The highest BCUT2D eigenvalue weighted by Gasteiger charge is 2.31. The largest absolute Gasteiger partial charge is 0.480 e. The lowest BCUT2D eigenvalue weighted by Gasteiger charge is -2.16. The van der Waals surface area contributed by atoms with E-state index in [1.54, 1.807) is 12.1 Å². The van der Waals surface area contributed by atoms with E-state index in [9.17, 15) is 27.9 Å². The van der Waals surface area contributed by atoms with Gasteiger partial charge < -0.3 is 10.4 Å². The van der Waals surface area contributed by atoms with Gasteiger partial charge in [-0.1, -0.05) is 41.9 Å². The van der Waals surface area contributed by atoms with Crippen LogP contribution >= 0.6 is 11.6 Å². The minimum atomic E-state index is -4.53.